The van der Waals surface area contributed by atoms with Crippen molar-refractivity contribution < 1.29 is 9.59 Å². The van der Waals surface area contributed by atoms with Crippen LogP contribution in [-0.4, -0.2) is 32.8 Å². The molecule has 0 aliphatic carbocycles. The number of amides is 2. The summed E-state index contributed by atoms with van der Waals surface area (Å²) in [5, 5.41) is 0. The van der Waals surface area contributed by atoms with Gasteiger partial charge in [0.25, 0.3) is 11.8 Å². The number of nitrogens with two attached hydrogens (primary N) is 1. The topological polar surface area (TPSA) is 81.2 Å². The van der Waals surface area contributed by atoms with E-state index in [1.54, 1.807) is 36.9 Å². The number of imide groups is 1. The average Bonchev–Trinajstić information content (AvgIpc) is 2.98. The quantitative estimate of drug-likeness (QED) is 0.649. The van der Waals surface area contributed by atoms with Crippen LogP contribution in [0.4, 0.5) is 5.69 Å². The molecule has 96 valence electrons. The number of fused-ring (bicyclic) bond motifs is 1. The molecule has 2 heterocycles. The molecule has 6 nitrogen and oxygen atoms in total. The summed E-state index contributed by atoms with van der Waals surface area (Å²) in [5.41, 5.74) is 6.93. The largest absolute Gasteiger partial charge is 0.399 e. The molecule has 2 aromatic rings. The number of anilines is 1. The predicted molar refractivity (Wildman–Crippen MR) is 68.4 cm³/mol. The molecule has 0 atom stereocenters. The molecule has 0 bridgehead atoms. The number of aromatic nitrogens is 2. The van der Waals surface area contributed by atoms with Crippen molar-refractivity contribution >= 4 is 17.5 Å². The summed E-state index contributed by atoms with van der Waals surface area (Å²) in [6, 6.07) is 4.78. The van der Waals surface area contributed by atoms with Crippen LogP contribution in [0.15, 0.2) is 36.9 Å². The molecule has 1 aliphatic rings. The Kier molecular flexibility index (Phi) is 2.56. The molecule has 0 fully saturated rings. The number of carbonyl (C=O) groups is 2. The number of nitrogens with zero attached hydrogens (tertiary/aromatic N) is 3. The van der Waals surface area contributed by atoms with Crippen molar-refractivity contribution in [2.24, 2.45) is 0 Å². The van der Waals surface area contributed by atoms with E-state index >= 15 is 0 Å². The fraction of sp³-hybridized carbons (Fsp3) is 0.154. The van der Waals surface area contributed by atoms with Crippen LogP contribution in [0.3, 0.4) is 0 Å². The van der Waals surface area contributed by atoms with Crippen molar-refractivity contribution in [2.75, 3.05) is 12.3 Å². The van der Waals surface area contributed by atoms with Crippen LogP contribution in [0.1, 0.15) is 20.7 Å². The SMILES string of the molecule is Nc1ccc2c(c1)C(=O)N(CCn1ccnc1)C2=O. The Morgan fingerprint density at radius 1 is 1.11 bits per heavy atom. The van der Waals surface area contributed by atoms with Crippen molar-refractivity contribution in [3.05, 3.63) is 48.0 Å². The second kappa shape index (κ2) is 4.24. The van der Waals surface area contributed by atoms with Crippen LogP contribution in [0.5, 0.6) is 0 Å². The number of benzene rings is 1. The smallest absolute Gasteiger partial charge is 0.261 e. The second-order valence-corrected chi connectivity index (χ2v) is 4.37. The Labute approximate surface area is 109 Å². The van der Waals surface area contributed by atoms with Gasteiger partial charge in [0.2, 0.25) is 0 Å². The fourth-order valence-electron chi connectivity index (χ4n) is 2.15. The Morgan fingerprint density at radius 3 is 2.63 bits per heavy atom. The predicted octanol–water partition coefficient (Wildman–Crippen LogP) is 0.762. The number of hydrogen-bond acceptors (Lipinski definition) is 4. The van der Waals surface area contributed by atoms with E-state index in [1.165, 1.54) is 4.90 Å². The van der Waals surface area contributed by atoms with Gasteiger partial charge in [-0.05, 0) is 18.2 Å². The zero-order valence-corrected chi connectivity index (χ0v) is 10.1. The first kappa shape index (κ1) is 11.5. The normalized spacial score (nSPS) is 14.0. The fourth-order valence-corrected chi connectivity index (χ4v) is 2.15. The highest BCUT2D eigenvalue weighted by molar-refractivity contribution is 6.21. The maximum atomic E-state index is 12.1. The third kappa shape index (κ3) is 1.87. The minimum absolute atomic E-state index is 0.264. The van der Waals surface area contributed by atoms with Crippen LogP contribution >= 0.6 is 0 Å². The summed E-state index contributed by atoms with van der Waals surface area (Å²) in [6.45, 7) is 0.851. The van der Waals surface area contributed by atoms with Crippen LogP contribution in [0, 0.1) is 0 Å². The summed E-state index contributed by atoms with van der Waals surface area (Å²) in [5.74, 6) is -0.549. The van der Waals surface area contributed by atoms with Gasteiger partial charge in [-0.3, -0.25) is 14.5 Å². The average molecular weight is 256 g/mol. The van der Waals surface area contributed by atoms with E-state index in [0.717, 1.165) is 0 Å². The van der Waals surface area contributed by atoms with Gasteiger partial charge in [0.1, 0.15) is 0 Å². The first-order valence-electron chi connectivity index (χ1n) is 5.88. The summed E-state index contributed by atoms with van der Waals surface area (Å²) in [6.07, 6.45) is 5.09. The van der Waals surface area contributed by atoms with Gasteiger partial charge in [-0.1, -0.05) is 0 Å². The minimum Gasteiger partial charge on any atom is -0.399 e. The second-order valence-electron chi connectivity index (χ2n) is 4.37. The zero-order valence-electron chi connectivity index (χ0n) is 10.1. The molecule has 2 N–H and O–H groups in total. The van der Waals surface area contributed by atoms with Gasteiger partial charge in [-0.25, -0.2) is 4.98 Å². The third-order valence-electron chi connectivity index (χ3n) is 3.14. The summed E-state index contributed by atoms with van der Waals surface area (Å²) in [7, 11) is 0. The number of hydrogen-bond donors (Lipinski definition) is 1. The lowest BCUT2D eigenvalue weighted by Gasteiger charge is -2.13. The van der Waals surface area contributed by atoms with Crippen LogP contribution in [-0.2, 0) is 6.54 Å². The van der Waals surface area contributed by atoms with E-state index in [9.17, 15) is 9.59 Å². The highest BCUT2D eigenvalue weighted by Gasteiger charge is 2.35. The molecule has 0 unspecified atom stereocenters. The zero-order chi connectivity index (χ0) is 13.4. The molecule has 1 aromatic heterocycles. The minimum atomic E-state index is -0.285. The lowest BCUT2D eigenvalue weighted by molar-refractivity contribution is 0.0649. The molecular formula is C13H12N4O2. The van der Waals surface area contributed by atoms with Crippen LogP contribution in [0.25, 0.3) is 0 Å². The highest BCUT2D eigenvalue weighted by Crippen LogP contribution is 2.24. The summed E-state index contributed by atoms with van der Waals surface area (Å²) >= 11 is 0. The summed E-state index contributed by atoms with van der Waals surface area (Å²) in [4.78, 5) is 29.4. The first-order chi connectivity index (χ1) is 9.16. The molecule has 19 heavy (non-hydrogen) atoms. The highest BCUT2D eigenvalue weighted by atomic mass is 16.2. The number of imidazole rings is 1. The van der Waals surface area contributed by atoms with Crippen molar-refractivity contribution in [2.45, 2.75) is 6.54 Å². The molecule has 6 heteroatoms. The lowest BCUT2D eigenvalue weighted by Crippen LogP contribution is -2.32. The Balaban J connectivity index is 1.82. The third-order valence-corrected chi connectivity index (χ3v) is 3.14. The van der Waals surface area contributed by atoms with Crippen LogP contribution < -0.4 is 5.73 Å². The number of carbonyl (C=O) groups excluding carboxylic acids is 2. The van der Waals surface area contributed by atoms with E-state index in [0.29, 0.717) is 29.9 Å². The van der Waals surface area contributed by atoms with Gasteiger partial charge in [-0.2, -0.15) is 0 Å². The molecule has 3 rings (SSSR count). The Bertz CT molecular complexity index is 649. The maximum Gasteiger partial charge on any atom is 0.261 e. The van der Waals surface area contributed by atoms with E-state index in [1.807, 2.05) is 4.57 Å². The van der Waals surface area contributed by atoms with E-state index in [4.69, 9.17) is 5.73 Å². The molecule has 0 saturated heterocycles. The van der Waals surface area contributed by atoms with Gasteiger partial charge < -0.3 is 10.3 Å². The van der Waals surface area contributed by atoms with E-state index in [2.05, 4.69) is 4.98 Å². The number of rotatable bonds is 3. The standard InChI is InChI=1S/C13H12N4O2/c14-9-1-2-10-11(7-9)13(19)17(12(10)18)6-5-16-4-3-15-8-16/h1-4,7-8H,5-6,14H2. The molecular weight excluding hydrogens is 244 g/mol. The van der Waals surface area contributed by atoms with Gasteiger partial charge in [0.05, 0.1) is 17.5 Å². The van der Waals surface area contributed by atoms with Gasteiger partial charge in [0.15, 0.2) is 0 Å². The van der Waals surface area contributed by atoms with Crippen molar-refractivity contribution in [1.82, 2.24) is 14.5 Å². The monoisotopic (exact) mass is 256 g/mol. The summed E-state index contributed by atoms with van der Waals surface area (Å²) < 4.78 is 1.82. The maximum absolute atomic E-state index is 12.1. The Hall–Kier alpha value is -2.63. The molecule has 1 aromatic carbocycles. The van der Waals surface area contributed by atoms with Crippen molar-refractivity contribution in [3.63, 3.8) is 0 Å². The molecule has 0 radical (unpaired) electrons. The van der Waals surface area contributed by atoms with E-state index < -0.39 is 0 Å². The van der Waals surface area contributed by atoms with Crippen molar-refractivity contribution in [3.8, 4) is 0 Å². The number of nitrogen functional groups attached to an aromatic ring is 1. The molecule has 2 amide bonds. The van der Waals surface area contributed by atoms with Gasteiger partial charge in [0, 0.05) is 31.2 Å². The van der Waals surface area contributed by atoms with Gasteiger partial charge >= 0.3 is 0 Å². The molecule has 0 saturated carbocycles. The Morgan fingerprint density at radius 2 is 1.89 bits per heavy atom. The van der Waals surface area contributed by atoms with Gasteiger partial charge in [-0.15, -0.1) is 0 Å². The van der Waals surface area contributed by atoms with E-state index in [-0.39, 0.29) is 11.8 Å². The first-order valence-corrected chi connectivity index (χ1v) is 5.88. The molecule has 0 spiro atoms. The lowest BCUT2D eigenvalue weighted by atomic mass is 10.1. The molecule has 1 aliphatic heterocycles. The van der Waals surface area contributed by atoms with Crippen molar-refractivity contribution in [1.29, 1.82) is 0 Å². The van der Waals surface area contributed by atoms with Crippen LogP contribution in [0.2, 0.25) is 0 Å².